The Labute approximate surface area is 158 Å². The largest absolute Gasteiger partial charge is 0.442 e. The van der Waals surface area contributed by atoms with E-state index in [1.54, 1.807) is 0 Å². The van der Waals surface area contributed by atoms with Crippen LogP contribution in [-0.2, 0) is 15.2 Å². The van der Waals surface area contributed by atoms with Crippen molar-refractivity contribution in [2.45, 2.75) is 30.2 Å². The number of aliphatic hydroxyl groups is 2. The molecule has 1 fully saturated rings. The van der Waals surface area contributed by atoms with Gasteiger partial charge in [-0.2, -0.15) is 0 Å². The van der Waals surface area contributed by atoms with Crippen molar-refractivity contribution in [2.75, 3.05) is 18.0 Å². The number of hydrogen-bond donors (Lipinski definition) is 3. The van der Waals surface area contributed by atoms with Gasteiger partial charge >= 0.3 is 6.09 Å². The number of anilines is 1. The van der Waals surface area contributed by atoms with Gasteiger partial charge in [0.15, 0.2) is 5.67 Å². The first kappa shape index (κ1) is 19.6. The number of aliphatic hydroxyl groups excluding tert-OH is 2. The number of nitrogens with one attached hydrogen (secondary N) is 1. The molecule has 0 aliphatic carbocycles. The Morgan fingerprint density at radius 2 is 2.22 bits per heavy atom. The second-order valence-corrected chi connectivity index (χ2v) is 7.29. The smallest absolute Gasteiger partial charge is 0.414 e. The average Bonchev–Trinajstić information content (AvgIpc) is 2.98. The van der Waals surface area contributed by atoms with Gasteiger partial charge in [0.2, 0.25) is 5.91 Å². The van der Waals surface area contributed by atoms with E-state index in [9.17, 15) is 24.2 Å². The van der Waals surface area contributed by atoms with Crippen LogP contribution in [0.3, 0.4) is 0 Å². The van der Waals surface area contributed by atoms with Crippen molar-refractivity contribution in [3.8, 4) is 0 Å². The predicted octanol–water partition coefficient (Wildman–Crippen LogP) is 1.39. The molecule has 146 valence electrons. The second-order valence-electron chi connectivity index (χ2n) is 6.26. The van der Waals surface area contributed by atoms with Gasteiger partial charge in [-0.25, -0.2) is 13.6 Å². The van der Waals surface area contributed by atoms with E-state index in [1.165, 1.54) is 23.3 Å². The zero-order chi connectivity index (χ0) is 19.8. The molecule has 2 aliphatic heterocycles. The van der Waals surface area contributed by atoms with Crippen molar-refractivity contribution in [3.63, 3.8) is 0 Å². The van der Waals surface area contributed by atoms with Crippen LogP contribution in [0, 0.1) is 5.82 Å². The normalized spacial score (nSPS) is 30.3. The Morgan fingerprint density at radius 3 is 2.89 bits per heavy atom. The maximum absolute atomic E-state index is 15.1. The Morgan fingerprint density at radius 1 is 1.48 bits per heavy atom. The van der Waals surface area contributed by atoms with Crippen molar-refractivity contribution >= 4 is 29.4 Å². The number of benzene rings is 1. The molecule has 0 aromatic heterocycles. The number of ether oxygens (including phenoxy) is 1. The summed E-state index contributed by atoms with van der Waals surface area (Å²) in [6.07, 6.45) is -2.16. The highest BCUT2D eigenvalue weighted by atomic mass is 32.2. The lowest BCUT2D eigenvalue weighted by molar-refractivity contribution is -0.119. The first-order chi connectivity index (χ1) is 12.7. The third kappa shape index (κ3) is 3.78. The maximum atomic E-state index is 15.1. The van der Waals surface area contributed by atoms with E-state index >= 15 is 4.39 Å². The third-order valence-corrected chi connectivity index (χ3v) is 5.19. The number of amides is 2. The minimum absolute atomic E-state index is 0.0938. The number of cyclic esters (lactones) is 1. The molecule has 2 amide bonds. The molecule has 7 nitrogen and oxygen atoms in total. The van der Waals surface area contributed by atoms with Gasteiger partial charge in [-0.15, -0.1) is 0 Å². The molecule has 0 saturated carbocycles. The number of carbonyl (C=O) groups excluding carboxylic acids is 2. The van der Waals surface area contributed by atoms with Gasteiger partial charge in [0.25, 0.3) is 0 Å². The molecular formula is C17H18F2N2O5S. The van der Waals surface area contributed by atoms with Crippen molar-refractivity contribution in [2.24, 2.45) is 0 Å². The van der Waals surface area contributed by atoms with Crippen LogP contribution in [-0.4, -0.2) is 52.9 Å². The molecule has 0 bridgehead atoms. The Hall–Kier alpha value is -2.17. The van der Waals surface area contributed by atoms with Gasteiger partial charge < -0.3 is 20.3 Å². The zero-order valence-electron chi connectivity index (χ0n) is 14.3. The fourth-order valence-corrected chi connectivity index (χ4v) is 3.71. The number of carbonyl (C=O) groups is 2. The summed E-state index contributed by atoms with van der Waals surface area (Å²) < 4.78 is 34.8. The van der Waals surface area contributed by atoms with Crippen LogP contribution in [0.2, 0.25) is 0 Å². The van der Waals surface area contributed by atoms with E-state index in [1.807, 2.05) is 0 Å². The molecule has 1 aromatic carbocycles. The summed E-state index contributed by atoms with van der Waals surface area (Å²) in [6, 6.07) is 3.42. The number of alkyl halides is 1. The SMILES string of the molecule is CC(=O)NC[C@H]1CN(c2ccc(C3(F)C=CSC(O)C3O)c(F)c2)C(=O)O1. The number of nitrogens with zero attached hydrogens (tertiary/aromatic N) is 1. The minimum Gasteiger partial charge on any atom is -0.442 e. The van der Waals surface area contributed by atoms with Crippen LogP contribution in [0.25, 0.3) is 0 Å². The summed E-state index contributed by atoms with van der Waals surface area (Å²) in [4.78, 5) is 24.1. The predicted molar refractivity (Wildman–Crippen MR) is 94.2 cm³/mol. The Balaban J connectivity index is 1.81. The van der Waals surface area contributed by atoms with E-state index in [4.69, 9.17) is 4.74 Å². The van der Waals surface area contributed by atoms with Gasteiger partial charge in [0.05, 0.1) is 18.8 Å². The fourth-order valence-electron chi connectivity index (χ4n) is 2.93. The van der Waals surface area contributed by atoms with Crippen LogP contribution in [0.5, 0.6) is 0 Å². The number of thioether (sulfide) groups is 1. The van der Waals surface area contributed by atoms with Crippen molar-refractivity contribution in [3.05, 3.63) is 41.1 Å². The quantitative estimate of drug-likeness (QED) is 0.707. The van der Waals surface area contributed by atoms with Crippen LogP contribution in [0.1, 0.15) is 12.5 Å². The number of halogens is 2. The molecule has 4 atom stereocenters. The molecule has 10 heteroatoms. The molecule has 0 radical (unpaired) electrons. The summed E-state index contributed by atoms with van der Waals surface area (Å²) in [5, 5.41) is 23.4. The highest BCUT2D eigenvalue weighted by molar-refractivity contribution is 8.02. The Kier molecular flexibility index (Phi) is 5.41. The van der Waals surface area contributed by atoms with Crippen molar-refractivity contribution in [1.82, 2.24) is 5.32 Å². The Bertz CT molecular complexity index is 793. The lowest BCUT2D eigenvalue weighted by atomic mass is 9.89. The molecule has 27 heavy (non-hydrogen) atoms. The van der Waals surface area contributed by atoms with Crippen LogP contribution < -0.4 is 10.2 Å². The average molecular weight is 400 g/mol. The summed E-state index contributed by atoms with van der Waals surface area (Å²) in [7, 11) is 0. The summed E-state index contributed by atoms with van der Waals surface area (Å²) in [6.45, 7) is 1.55. The van der Waals surface area contributed by atoms with Gasteiger partial charge in [-0.3, -0.25) is 9.69 Å². The highest BCUT2D eigenvalue weighted by Gasteiger charge is 2.46. The molecule has 3 N–H and O–H groups in total. The summed E-state index contributed by atoms with van der Waals surface area (Å²) >= 11 is 0.823. The number of hydrogen-bond acceptors (Lipinski definition) is 6. The lowest BCUT2D eigenvalue weighted by Gasteiger charge is -2.33. The first-order valence-electron chi connectivity index (χ1n) is 8.13. The van der Waals surface area contributed by atoms with Gasteiger partial charge in [0, 0.05) is 12.5 Å². The van der Waals surface area contributed by atoms with E-state index in [0.717, 1.165) is 30.0 Å². The molecule has 3 rings (SSSR count). The van der Waals surface area contributed by atoms with Crippen LogP contribution in [0.4, 0.5) is 19.3 Å². The third-order valence-electron chi connectivity index (χ3n) is 4.36. The van der Waals surface area contributed by atoms with E-state index in [2.05, 4.69) is 5.32 Å². The van der Waals surface area contributed by atoms with Crippen molar-refractivity contribution < 1.29 is 33.3 Å². The maximum Gasteiger partial charge on any atom is 0.414 e. The molecule has 0 spiro atoms. The van der Waals surface area contributed by atoms with Gasteiger partial charge in [0.1, 0.15) is 23.5 Å². The highest BCUT2D eigenvalue weighted by Crippen LogP contribution is 2.42. The summed E-state index contributed by atoms with van der Waals surface area (Å²) in [5.74, 6) is -1.25. The molecular weight excluding hydrogens is 382 g/mol. The molecule has 2 heterocycles. The zero-order valence-corrected chi connectivity index (χ0v) is 15.1. The summed E-state index contributed by atoms with van der Waals surface area (Å²) in [5.41, 5.74) is -4.31. The van der Waals surface area contributed by atoms with E-state index in [0.29, 0.717) is 0 Å². The molecule has 1 saturated heterocycles. The molecule has 3 unspecified atom stereocenters. The van der Waals surface area contributed by atoms with Crippen LogP contribution >= 0.6 is 11.8 Å². The van der Waals surface area contributed by atoms with Crippen molar-refractivity contribution in [1.29, 1.82) is 0 Å². The molecule has 2 aliphatic rings. The first-order valence-corrected chi connectivity index (χ1v) is 9.07. The monoisotopic (exact) mass is 400 g/mol. The molecule has 1 aromatic rings. The topological polar surface area (TPSA) is 99.1 Å². The van der Waals surface area contributed by atoms with Crippen LogP contribution in [0.15, 0.2) is 29.7 Å². The van der Waals surface area contributed by atoms with E-state index in [-0.39, 0.29) is 24.7 Å². The number of rotatable bonds is 4. The van der Waals surface area contributed by atoms with Gasteiger partial charge in [-0.1, -0.05) is 17.8 Å². The minimum atomic E-state index is -2.59. The standard InChI is InChI=1S/C17H18F2N2O5S/c1-9(22)20-7-11-8-21(16(25)26-11)10-2-3-12(13(18)6-10)17(19)4-5-27-15(24)14(17)23/h2-6,11,14-15,23-24H,7-8H2,1H3,(H,20,22)/t11-,14?,15?,17?/m0/s1. The second kappa shape index (κ2) is 7.45. The lowest BCUT2D eigenvalue weighted by Crippen LogP contribution is -2.43. The van der Waals surface area contributed by atoms with Gasteiger partial charge in [-0.05, 0) is 23.6 Å². The fraction of sp³-hybridized carbons (Fsp3) is 0.412. The van der Waals surface area contributed by atoms with E-state index < -0.39 is 40.8 Å².